The molecule has 0 saturated heterocycles. The molecule has 0 spiro atoms. The monoisotopic (exact) mass is 312 g/mol. The van der Waals surface area contributed by atoms with E-state index in [0.717, 1.165) is 19.0 Å². The number of nitrogens with zero attached hydrogens (tertiary/aromatic N) is 1. The summed E-state index contributed by atoms with van der Waals surface area (Å²) in [6.07, 6.45) is 6.39. The molecule has 0 aromatic rings. The molecule has 0 aromatic heterocycles. The van der Waals surface area contributed by atoms with E-state index in [1.807, 2.05) is 27.8 Å². The summed E-state index contributed by atoms with van der Waals surface area (Å²) in [6.45, 7) is 11.9. The van der Waals surface area contributed by atoms with Gasteiger partial charge in [0.1, 0.15) is 5.60 Å². The van der Waals surface area contributed by atoms with Crippen LogP contribution in [-0.4, -0.2) is 42.8 Å². The lowest BCUT2D eigenvalue weighted by Crippen LogP contribution is -2.40. The molecule has 4 nitrogen and oxygen atoms in total. The third kappa shape index (κ3) is 8.02. The normalized spacial score (nSPS) is 24.5. The maximum Gasteiger partial charge on any atom is 0.410 e. The van der Waals surface area contributed by atoms with Gasteiger partial charge in [0.05, 0.1) is 0 Å². The van der Waals surface area contributed by atoms with E-state index in [1.165, 1.54) is 32.1 Å². The molecule has 0 radical (unpaired) electrons. The summed E-state index contributed by atoms with van der Waals surface area (Å²) in [5, 5.41) is 3.70. The van der Waals surface area contributed by atoms with Crippen LogP contribution in [0.2, 0.25) is 0 Å². The lowest BCUT2D eigenvalue weighted by atomic mass is 10.0. The first-order valence-electron chi connectivity index (χ1n) is 8.85. The van der Waals surface area contributed by atoms with E-state index in [4.69, 9.17) is 4.74 Å². The molecule has 1 fully saturated rings. The lowest BCUT2D eigenvalue weighted by molar-refractivity contribution is 0.0276. The van der Waals surface area contributed by atoms with Crippen LogP contribution < -0.4 is 5.32 Å². The Morgan fingerprint density at radius 3 is 2.59 bits per heavy atom. The Hall–Kier alpha value is -0.770. The van der Waals surface area contributed by atoms with Crippen molar-refractivity contribution in [3.8, 4) is 0 Å². The molecule has 4 heteroatoms. The fourth-order valence-electron chi connectivity index (χ4n) is 3.01. The van der Waals surface area contributed by atoms with Crippen molar-refractivity contribution in [2.75, 3.05) is 20.1 Å². The van der Waals surface area contributed by atoms with Gasteiger partial charge in [-0.25, -0.2) is 4.79 Å². The molecule has 1 N–H and O–H groups in total. The summed E-state index contributed by atoms with van der Waals surface area (Å²) in [5.74, 6) is 1.31. The van der Waals surface area contributed by atoms with Crippen molar-refractivity contribution in [2.24, 2.45) is 11.8 Å². The summed E-state index contributed by atoms with van der Waals surface area (Å²) in [6, 6.07) is 0.652. The zero-order chi connectivity index (χ0) is 16.8. The molecule has 130 valence electrons. The van der Waals surface area contributed by atoms with Crippen molar-refractivity contribution >= 4 is 6.09 Å². The van der Waals surface area contributed by atoms with Gasteiger partial charge < -0.3 is 15.0 Å². The molecule has 0 aliphatic heterocycles. The van der Waals surface area contributed by atoms with Crippen LogP contribution in [0, 0.1) is 11.8 Å². The molecule has 0 heterocycles. The number of ether oxygens (including phenoxy) is 1. The Morgan fingerprint density at radius 1 is 1.27 bits per heavy atom. The zero-order valence-electron chi connectivity index (χ0n) is 15.4. The molecule has 3 unspecified atom stereocenters. The molecular formula is C18H36N2O2. The van der Waals surface area contributed by atoms with Crippen molar-refractivity contribution in [2.45, 2.75) is 78.4 Å². The van der Waals surface area contributed by atoms with Crippen LogP contribution in [-0.2, 0) is 4.74 Å². The highest BCUT2D eigenvalue weighted by Gasteiger charge is 2.21. The number of hydrogen-bond acceptors (Lipinski definition) is 3. The van der Waals surface area contributed by atoms with Crippen LogP contribution in [0.4, 0.5) is 4.79 Å². The van der Waals surface area contributed by atoms with Crippen LogP contribution in [0.15, 0.2) is 0 Å². The van der Waals surface area contributed by atoms with E-state index in [1.54, 1.807) is 4.90 Å². The number of nitrogens with one attached hydrogen (secondary N) is 1. The van der Waals surface area contributed by atoms with E-state index in [2.05, 4.69) is 19.2 Å². The molecule has 1 amide bonds. The first-order valence-corrected chi connectivity index (χ1v) is 8.85. The van der Waals surface area contributed by atoms with Crippen LogP contribution in [0.3, 0.4) is 0 Å². The van der Waals surface area contributed by atoms with Crippen molar-refractivity contribution in [1.29, 1.82) is 0 Å². The van der Waals surface area contributed by atoms with Gasteiger partial charge in [-0.2, -0.15) is 0 Å². The average molecular weight is 312 g/mol. The second-order valence-electron chi connectivity index (χ2n) is 8.18. The van der Waals surface area contributed by atoms with E-state index in [9.17, 15) is 4.79 Å². The van der Waals surface area contributed by atoms with Crippen molar-refractivity contribution in [1.82, 2.24) is 10.2 Å². The standard InChI is InChI=1S/C18H36N2O2/c1-14-8-7-9-16(11-10-14)19-12-15(2)13-20(6)17(21)22-18(3,4)5/h14-16,19H,7-13H2,1-6H3. The number of amides is 1. The number of carbonyl (C=O) groups excluding carboxylic acids is 1. The number of carbonyl (C=O) groups is 1. The van der Waals surface area contributed by atoms with Gasteiger partial charge in [-0.3, -0.25) is 0 Å². The molecule has 1 aliphatic rings. The molecule has 0 bridgehead atoms. The minimum atomic E-state index is -0.427. The predicted molar refractivity (Wildman–Crippen MR) is 92.1 cm³/mol. The van der Waals surface area contributed by atoms with Gasteiger partial charge in [-0.15, -0.1) is 0 Å². The summed E-state index contributed by atoms with van der Waals surface area (Å²) >= 11 is 0. The summed E-state index contributed by atoms with van der Waals surface area (Å²) in [5.41, 5.74) is -0.427. The van der Waals surface area contributed by atoms with Gasteiger partial charge in [0.2, 0.25) is 0 Å². The second kappa shape index (κ2) is 8.76. The van der Waals surface area contributed by atoms with E-state index in [-0.39, 0.29) is 6.09 Å². The van der Waals surface area contributed by atoms with Gasteiger partial charge in [-0.05, 0) is 58.4 Å². The first kappa shape index (κ1) is 19.3. The summed E-state index contributed by atoms with van der Waals surface area (Å²) in [7, 11) is 1.82. The highest BCUT2D eigenvalue weighted by Crippen LogP contribution is 2.22. The minimum absolute atomic E-state index is 0.234. The van der Waals surface area contributed by atoms with E-state index in [0.29, 0.717) is 12.0 Å². The second-order valence-corrected chi connectivity index (χ2v) is 8.18. The molecule has 0 aromatic carbocycles. The Labute approximate surface area is 137 Å². The number of rotatable bonds is 5. The highest BCUT2D eigenvalue weighted by atomic mass is 16.6. The third-order valence-electron chi connectivity index (χ3n) is 4.30. The topological polar surface area (TPSA) is 41.6 Å². The molecular weight excluding hydrogens is 276 g/mol. The quantitative estimate of drug-likeness (QED) is 0.779. The van der Waals surface area contributed by atoms with Crippen molar-refractivity contribution in [3.05, 3.63) is 0 Å². The van der Waals surface area contributed by atoms with Crippen molar-refractivity contribution < 1.29 is 9.53 Å². The fourth-order valence-corrected chi connectivity index (χ4v) is 3.01. The Morgan fingerprint density at radius 2 is 1.95 bits per heavy atom. The summed E-state index contributed by atoms with van der Waals surface area (Å²) < 4.78 is 5.39. The molecule has 1 saturated carbocycles. The summed E-state index contributed by atoms with van der Waals surface area (Å²) in [4.78, 5) is 13.7. The molecule has 1 aliphatic carbocycles. The van der Waals surface area contributed by atoms with Gasteiger partial charge >= 0.3 is 6.09 Å². The SMILES string of the molecule is CC1CCCC(NCC(C)CN(C)C(=O)OC(C)(C)C)CC1. The largest absolute Gasteiger partial charge is 0.444 e. The third-order valence-corrected chi connectivity index (χ3v) is 4.30. The lowest BCUT2D eigenvalue weighted by Gasteiger charge is -2.27. The van der Waals surface area contributed by atoms with Gasteiger partial charge in [-0.1, -0.05) is 26.7 Å². The Balaban J connectivity index is 2.27. The first-order chi connectivity index (χ1) is 10.2. The Bertz CT molecular complexity index is 338. The fraction of sp³-hybridized carbons (Fsp3) is 0.944. The van der Waals surface area contributed by atoms with Gasteiger partial charge in [0.15, 0.2) is 0 Å². The maximum atomic E-state index is 12.0. The van der Waals surface area contributed by atoms with Crippen LogP contribution >= 0.6 is 0 Å². The Kier molecular flexibility index (Phi) is 7.67. The van der Waals surface area contributed by atoms with Crippen LogP contribution in [0.25, 0.3) is 0 Å². The minimum Gasteiger partial charge on any atom is -0.444 e. The molecule has 3 atom stereocenters. The zero-order valence-corrected chi connectivity index (χ0v) is 15.4. The van der Waals surface area contributed by atoms with E-state index < -0.39 is 5.60 Å². The maximum absolute atomic E-state index is 12.0. The highest BCUT2D eigenvalue weighted by molar-refractivity contribution is 5.67. The average Bonchev–Trinajstić information content (AvgIpc) is 2.59. The van der Waals surface area contributed by atoms with Crippen LogP contribution in [0.5, 0.6) is 0 Å². The van der Waals surface area contributed by atoms with Gasteiger partial charge in [0.25, 0.3) is 0 Å². The molecule has 1 rings (SSSR count). The van der Waals surface area contributed by atoms with Crippen molar-refractivity contribution in [3.63, 3.8) is 0 Å². The number of hydrogen-bond donors (Lipinski definition) is 1. The van der Waals surface area contributed by atoms with Gasteiger partial charge in [0, 0.05) is 19.6 Å². The van der Waals surface area contributed by atoms with E-state index >= 15 is 0 Å². The smallest absolute Gasteiger partial charge is 0.410 e. The predicted octanol–water partition coefficient (Wildman–Crippen LogP) is 4.05. The van der Waals surface area contributed by atoms with Crippen LogP contribution in [0.1, 0.15) is 66.7 Å². The molecule has 22 heavy (non-hydrogen) atoms.